The van der Waals surface area contributed by atoms with E-state index in [1.807, 2.05) is 13.8 Å². The van der Waals surface area contributed by atoms with E-state index in [1.165, 1.54) is 0 Å². The average Bonchev–Trinajstić information content (AvgIpc) is 2.51. The number of hydrogen-bond donors (Lipinski definition) is 1. The summed E-state index contributed by atoms with van der Waals surface area (Å²) in [5.74, 6) is -0.824. The normalized spacial score (nSPS) is 17.6. The van der Waals surface area contributed by atoms with Crippen LogP contribution in [0.5, 0.6) is 0 Å². The standard InChI is InChI=1S/C16H30N2O2/c1-15(2,3)12-16(4,5)17-13(19)14(20)18-10-8-6-7-9-11-18/h6-12H2,1-5H3,(H,17,19). The summed E-state index contributed by atoms with van der Waals surface area (Å²) in [4.78, 5) is 26.1. The van der Waals surface area contributed by atoms with Crippen LogP contribution in [0.2, 0.25) is 0 Å². The molecule has 0 aliphatic carbocycles. The van der Waals surface area contributed by atoms with Crippen LogP contribution in [0.15, 0.2) is 0 Å². The molecule has 1 N–H and O–H groups in total. The Balaban J connectivity index is 2.58. The van der Waals surface area contributed by atoms with Crippen molar-refractivity contribution in [2.75, 3.05) is 13.1 Å². The van der Waals surface area contributed by atoms with E-state index in [2.05, 4.69) is 26.1 Å². The summed E-state index contributed by atoms with van der Waals surface area (Å²) in [6, 6.07) is 0. The third-order valence-corrected chi connectivity index (χ3v) is 3.51. The molecule has 0 aromatic carbocycles. The number of amides is 2. The van der Waals surface area contributed by atoms with Crippen LogP contribution in [0.25, 0.3) is 0 Å². The molecule has 1 rings (SSSR count). The van der Waals surface area contributed by atoms with Gasteiger partial charge in [-0.2, -0.15) is 0 Å². The van der Waals surface area contributed by atoms with Crippen molar-refractivity contribution >= 4 is 11.8 Å². The van der Waals surface area contributed by atoms with Crippen molar-refractivity contribution in [1.29, 1.82) is 0 Å². The van der Waals surface area contributed by atoms with E-state index >= 15 is 0 Å². The summed E-state index contributed by atoms with van der Waals surface area (Å²) in [5.41, 5.74) is -0.251. The monoisotopic (exact) mass is 282 g/mol. The molecule has 4 heteroatoms. The van der Waals surface area contributed by atoms with Gasteiger partial charge in [-0.15, -0.1) is 0 Å². The number of carbonyl (C=O) groups is 2. The zero-order chi connectivity index (χ0) is 15.4. The second-order valence-corrected chi connectivity index (χ2v) is 7.78. The minimum atomic E-state index is -0.457. The van der Waals surface area contributed by atoms with Gasteiger partial charge >= 0.3 is 11.8 Å². The van der Waals surface area contributed by atoms with E-state index in [4.69, 9.17) is 0 Å². The second-order valence-electron chi connectivity index (χ2n) is 7.78. The predicted molar refractivity (Wildman–Crippen MR) is 81.3 cm³/mol. The van der Waals surface area contributed by atoms with Gasteiger partial charge in [0.2, 0.25) is 0 Å². The fourth-order valence-electron chi connectivity index (χ4n) is 3.15. The molecular weight excluding hydrogens is 252 g/mol. The number of nitrogens with one attached hydrogen (secondary N) is 1. The fraction of sp³-hybridized carbons (Fsp3) is 0.875. The zero-order valence-electron chi connectivity index (χ0n) is 13.7. The summed E-state index contributed by atoms with van der Waals surface area (Å²) >= 11 is 0. The summed E-state index contributed by atoms with van der Waals surface area (Å²) in [5, 5.41) is 2.90. The molecule has 2 amide bonds. The number of likely N-dealkylation sites (tertiary alicyclic amines) is 1. The average molecular weight is 282 g/mol. The van der Waals surface area contributed by atoms with Crippen molar-refractivity contribution in [3.8, 4) is 0 Å². The highest BCUT2D eigenvalue weighted by molar-refractivity contribution is 6.35. The van der Waals surface area contributed by atoms with Crippen LogP contribution < -0.4 is 5.32 Å². The van der Waals surface area contributed by atoms with Gasteiger partial charge in [0.15, 0.2) is 0 Å². The number of rotatable bonds is 2. The van der Waals surface area contributed by atoms with Crippen molar-refractivity contribution in [1.82, 2.24) is 10.2 Å². The van der Waals surface area contributed by atoms with Crippen molar-refractivity contribution in [2.24, 2.45) is 5.41 Å². The molecule has 1 aliphatic heterocycles. The van der Waals surface area contributed by atoms with Gasteiger partial charge < -0.3 is 10.2 Å². The summed E-state index contributed by atoms with van der Waals surface area (Å²) in [7, 11) is 0. The van der Waals surface area contributed by atoms with Crippen LogP contribution in [0.3, 0.4) is 0 Å². The lowest BCUT2D eigenvalue weighted by Gasteiger charge is -2.33. The van der Waals surface area contributed by atoms with Gasteiger partial charge in [0, 0.05) is 18.6 Å². The summed E-state index contributed by atoms with van der Waals surface area (Å²) in [6.07, 6.45) is 5.15. The van der Waals surface area contributed by atoms with Crippen LogP contribution in [-0.2, 0) is 9.59 Å². The zero-order valence-corrected chi connectivity index (χ0v) is 13.7. The molecule has 20 heavy (non-hydrogen) atoms. The largest absolute Gasteiger partial charge is 0.343 e. The van der Waals surface area contributed by atoms with Crippen LogP contribution in [0, 0.1) is 5.41 Å². The van der Waals surface area contributed by atoms with Gasteiger partial charge in [0.05, 0.1) is 0 Å². The van der Waals surface area contributed by atoms with Crippen LogP contribution >= 0.6 is 0 Å². The summed E-state index contributed by atoms with van der Waals surface area (Å²) in [6.45, 7) is 11.8. The minimum Gasteiger partial charge on any atom is -0.343 e. The van der Waals surface area contributed by atoms with Gasteiger partial charge in [0.1, 0.15) is 0 Å². The minimum absolute atomic E-state index is 0.114. The molecular formula is C16H30N2O2. The molecule has 116 valence electrons. The molecule has 1 aliphatic rings. The molecule has 1 saturated heterocycles. The van der Waals surface area contributed by atoms with E-state index in [0.717, 1.165) is 32.1 Å². The molecule has 4 nitrogen and oxygen atoms in total. The van der Waals surface area contributed by atoms with E-state index in [1.54, 1.807) is 4.90 Å². The topological polar surface area (TPSA) is 49.4 Å². The quantitative estimate of drug-likeness (QED) is 0.792. The Morgan fingerprint density at radius 3 is 1.90 bits per heavy atom. The Labute approximate surface area is 123 Å². The maximum Gasteiger partial charge on any atom is 0.311 e. The van der Waals surface area contributed by atoms with Crippen molar-refractivity contribution in [2.45, 2.75) is 72.3 Å². The maximum atomic E-state index is 12.2. The molecule has 0 spiro atoms. The van der Waals surface area contributed by atoms with Gasteiger partial charge in [0.25, 0.3) is 0 Å². The van der Waals surface area contributed by atoms with Crippen molar-refractivity contribution < 1.29 is 9.59 Å². The molecule has 1 heterocycles. The van der Waals surface area contributed by atoms with E-state index < -0.39 is 5.91 Å². The van der Waals surface area contributed by atoms with E-state index in [-0.39, 0.29) is 16.9 Å². The lowest BCUT2D eigenvalue weighted by atomic mass is 9.82. The van der Waals surface area contributed by atoms with Crippen LogP contribution in [-0.4, -0.2) is 35.3 Å². The number of hydrogen-bond acceptors (Lipinski definition) is 2. The molecule has 0 radical (unpaired) electrons. The first-order chi connectivity index (χ1) is 9.11. The first-order valence-corrected chi connectivity index (χ1v) is 7.72. The number of carbonyl (C=O) groups excluding carboxylic acids is 2. The third-order valence-electron chi connectivity index (χ3n) is 3.51. The van der Waals surface area contributed by atoms with Crippen molar-refractivity contribution in [3.63, 3.8) is 0 Å². The molecule has 1 fully saturated rings. The van der Waals surface area contributed by atoms with Crippen LogP contribution in [0.1, 0.15) is 66.7 Å². The highest BCUT2D eigenvalue weighted by Gasteiger charge is 2.31. The number of nitrogens with zero attached hydrogens (tertiary/aromatic N) is 1. The Bertz CT molecular complexity index is 348. The Kier molecular flexibility index (Phi) is 5.60. The Morgan fingerprint density at radius 2 is 1.45 bits per heavy atom. The predicted octanol–water partition coefficient (Wildman–Crippen LogP) is 2.72. The van der Waals surface area contributed by atoms with E-state index in [9.17, 15) is 9.59 Å². The smallest absolute Gasteiger partial charge is 0.311 e. The highest BCUT2D eigenvalue weighted by atomic mass is 16.2. The van der Waals surface area contributed by atoms with Gasteiger partial charge in [-0.25, -0.2) is 0 Å². The fourth-order valence-corrected chi connectivity index (χ4v) is 3.15. The molecule has 0 aromatic rings. The molecule has 0 bridgehead atoms. The highest BCUT2D eigenvalue weighted by Crippen LogP contribution is 2.26. The Hall–Kier alpha value is -1.06. The van der Waals surface area contributed by atoms with E-state index in [0.29, 0.717) is 13.1 Å². The molecule has 0 saturated carbocycles. The molecule has 0 aromatic heterocycles. The molecule has 0 atom stereocenters. The molecule has 0 unspecified atom stereocenters. The maximum absolute atomic E-state index is 12.2. The lowest BCUT2D eigenvalue weighted by molar-refractivity contribution is -0.146. The third kappa shape index (κ3) is 5.93. The Morgan fingerprint density at radius 1 is 0.950 bits per heavy atom. The van der Waals surface area contributed by atoms with Gasteiger partial charge in [-0.3, -0.25) is 9.59 Å². The second kappa shape index (κ2) is 6.59. The van der Waals surface area contributed by atoms with Crippen LogP contribution in [0.4, 0.5) is 0 Å². The lowest BCUT2D eigenvalue weighted by Crippen LogP contribution is -2.52. The summed E-state index contributed by atoms with van der Waals surface area (Å²) < 4.78 is 0. The van der Waals surface area contributed by atoms with Gasteiger partial charge in [-0.1, -0.05) is 33.6 Å². The van der Waals surface area contributed by atoms with Gasteiger partial charge in [-0.05, 0) is 38.5 Å². The SMILES string of the molecule is CC(C)(C)CC(C)(C)NC(=O)C(=O)N1CCCCCC1. The van der Waals surface area contributed by atoms with Crippen molar-refractivity contribution in [3.05, 3.63) is 0 Å². The first-order valence-electron chi connectivity index (χ1n) is 7.72. The first kappa shape index (κ1) is 17.0.